The van der Waals surface area contributed by atoms with E-state index in [2.05, 4.69) is 9.89 Å². The average molecular weight is 302 g/mol. The second-order valence-corrected chi connectivity index (χ2v) is 4.49. The van der Waals surface area contributed by atoms with E-state index in [1.807, 2.05) is 0 Å². The summed E-state index contributed by atoms with van der Waals surface area (Å²) in [5.41, 5.74) is 4.90. The van der Waals surface area contributed by atoms with E-state index in [9.17, 15) is 18.0 Å². The van der Waals surface area contributed by atoms with Crippen LogP contribution in [0.25, 0.3) is 11.0 Å². The van der Waals surface area contributed by atoms with Gasteiger partial charge < -0.3 is 15.0 Å². The first-order chi connectivity index (χ1) is 9.88. The summed E-state index contributed by atoms with van der Waals surface area (Å²) in [5.74, 6) is -1.06. The maximum Gasteiger partial charge on any atom is 0.422 e. The molecule has 1 heterocycles. The van der Waals surface area contributed by atoms with Gasteiger partial charge in [-0.05, 0) is 12.1 Å². The third-order valence-electron chi connectivity index (χ3n) is 2.44. The molecule has 0 radical (unpaired) electrons. The fraction of sp³-hybridized carbons (Fsp3) is 0.385. The zero-order chi connectivity index (χ0) is 15.5. The van der Waals surface area contributed by atoms with E-state index in [0.717, 1.165) is 0 Å². The smallest absolute Gasteiger partial charge is 0.422 e. The highest BCUT2D eigenvalue weighted by atomic mass is 19.4. The van der Waals surface area contributed by atoms with E-state index < -0.39 is 18.7 Å². The molecule has 21 heavy (non-hydrogen) atoms. The van der Waals surface area contributed by atoms with E-state index in [1.54, 1.807) is 0 Å². The number of halogens is 3. The highest BCUT2D eigenvalue weighted by molar-refractivity contribution is 6.05. The van der Waals surface area contributed by atoms with Crippen molar-refractivity contribution in [1.29, 1.82) is 0 Å². The summed E-state index contributed by atoms with van der Waals surface area (Å²) in [5, 5.41) is 3.43. The van der Waals surface area contributed by atoms with Crippen molar-refractivity contribution in [3.8, 4) is 5.75 Å². The minimum atomic E-state index is -4.48. The molecule has 2 aromatic rings. The van der Waals surface area contributed by atoms with Crippen molar-refractivity contribution in [1.82, 2.24) is 5.16 Å². The molecule has 1 aliphatic carbocycles. The maximum atomic E-state index is 12.1. The highest BCUT2D eigenvalue weighted by Gasteiger charge is 2.29. The number of aromatic nitrogens is 1. The minimum Gasteiger partial charge on any atom is -0.483 e. The number of rotatable bonds is 3. The molecule has 1 saturated carbocycles. The van der Waals surface area contributed by atoms with Crippen LogP contribution in [0.1, 0.15) is 29.8 Å². The van der Waals surface area contributed by atoms with E-state index >= 15 is 0 Å². The number of amides is 1. The van der Waals surface area contributed by atoms with Crippen molar-refractivity contribution >= 4 is 16.9 Å². The summed E-state index contributed by atoms with van der Waals surface area (Å²) in [6.07, 6.45) is 0.0201. The Morgan fingerprint density at radius 2 is 2.00 bits per heavy atom. The van der Waals surface area contributed by atoms with Crippen molar-refractivity contribution in [2.75, 3.05) is 6.61 Å². The summed E-state index contributed by atoms with van der Waals surface area (Å²) in [6.45, 7) is -1.48. The lowest BCUT2D eigenvalue weighted by atomic mass is 10.2. The van der Waals surface area contributed by atoms with Gasteiger partial charge >= 0.3 is 6.18 Å². The first-order valence-corrected chi connectivity index (χ1v) is 6.26. The lowest BCUT2D eigenvalue weighted by Crippen LogP contribution is -2.19. The molecule has 0 unspecified atom stereocenters. The first-order valence-electron chi connectivity index (χ1n) is 6.26. The summed E-state index contributed by atoms with van der Waals surface area (Å²) >= 11 is 0. The van der Waals surface area contributed by atoms with Gasteiger partial charge in [-0.15, -0.1) is 0 Å². The van der Waals surface area contributed by atoms with Crippen molar-refractivity contribution < 1.29 is 27.2 Å². The predicted octanol–water partition coefficient (Wildman–Crippen LogP) is 3.04. The van der Waals surface area contributed by atoms with Gasteiger partial charge in [0, 0.05) is 0 Å². The molecule has 0 bridgehead atoms. The van der Waals surface area contributed by atoms with Gasteiger partial charge in [0.15, 0.2) is 17.9 Å². The Morgan fingerprint density at radius 3 is 2.52 bits per heavy atom. The van der Waals surface area contributed by atoms with Gasteiger partial charge in [0.1, 0.15) is 5.75 Å². The molecule has 0 spiro atoms. The Bertz CT molecular complexity index is 632. The molecule has 1 fully saturated rings. The molecular weight excluding hydrogens is 289 g/mol. The van der Waals surface area contributed by atoms with E-state index in [0.29, 0.717) is 0 Å². The molecule has 1 amide bonds. The van der Waals surface area contributed by atoms with Crippen LogP contribution < -0.4 is 10.5 Å². The molecule has 1 aromatic heterocycles. The van der Waals surface area contributed by atoms with Crippen LogP contribution in [0.2, 0.25) is 0 Å². The number of nitrogens with zero attached hydrogens (tertiary/aromatic N) is 1. The molecular formula is C13H13F3N2O3. The highest BCUT2D eigenvalue weighted by Crippen LogP contribution is 2.30. The second kappa shape index (κ2) is 6.02. The van der Waals surface area contributed by atoms with Crippen LogP contribution in [-0.2, 0) is 0 Å². The van der Waals surface area contributed by atoms with Crippen LogP contribution in [-0.4, -0.2) is 23.8 Å². The summed E-state index contributed by atoms with van der Waals surface area (Å²) in [4.78, 5) is 11.1. The van der Waals surface area contributed by atoms with Gasteiger partial charge in [-0.3, -0.25) is 4.79 Å². The van der Waals surface area contributed by atoms with Crippen LogP contribution in [0, 0.1) is 0 Å². The molecule has 3 rings (SSSR count). The Hall–Kier alpha value is -2.25. The summed E-state index contributed by atoms with van der Waals surface area (Å²) < 4.78 is 45.6. The number of hydrogen-bond acceptors (Lipinski definition) is 4. The molecule has 1 aromatic carbocycles. The van der Waals surface area contributed by atoms with Crippen LogP contribution >= 0.6 is 0 Å². The number of primary amides is 1. The third-order valence-corrected chi connectivity index (χ3v) is 2.44. The van der Waals surface area contributed by atoms with Crippen LogP contribution in [0.5, 0.6) is 5.75 Å². The lowest BCUT2D eigenvalue weighted by Gasteiger charge is -2.09. The van der Waals surface area contributed by atoms with Crippen LogP contribution in [0.4, 0.5) is 13.2 Å². The lowest BCUT2D eigenvalue weighted by molar-refractivity contribution is -0.153. The fourth-order valence-electron chi connectivity index (χ4n) is 1.41. The largest absolute Gasteiger partial charge is 0.483 e. The van der Waals surface area contributed by atoms with Crippen molar-refractivity contribution in [2.45, 2.75) is 25.4 Å². The third kappa shape index (κ3) is 4.37. The van der Waals surface area contributed by atoms with Gasteiger partial charge in [-0.25, -0.2) is 0 Å². The number of hydrogen-bond donors (Lipinski definition) is 1. The fourth-order valence-corrected chi connectivity index (χ4v) is 1.41. The molecule has 5 nitrogen and oxygen atoms in total. The average Bonchev–Trinajstić information content (AvgIpc) is 3.21. The number of ether oxygens (including phenoxy) is 1. The van der Waals surface area contributed by atoms with Gasteiger partial charge in [-0.1, -0.05) is 30.5 Å². The van der Waals surface area contributed by atoms with Crippen molar-refractivity contribution in [3.05, 3.63) is 23.9 Å². The minimum absolute atomic E-state index is 0.0363. The monoisotopic (exact) mass is 302 g/mol. The van der Waals surface area contributed by atoms with Gasteiger partial charge in [0.25, 0.3) is 5.91 Å². The standard InChI is InChI=1S/C10H7F3N2O3.C3H6/c11-10(12,13)4-17-5-2-1-3-6-7(5)8(9(14)16)15-18-6;1-2-3-1/h1-3H,4H2,(H2,14,16);1-3H2. The number of benzene rings is 1. The van der Waals surface area contributed by atoms with E-state index in [-0.39, 0.29) is 22.4 Å². The normalized spacial score (nSPS) is 13.5. The Labute approximate surface area is 117 Å². The van der Waals surface area contributed by atoms with Gasteiger partial charge in [0.2, 0.25) is 0 Å². The summed E-state index contributed by atoms with van der Waals surface area (Å²) in [7, 11) is 0. The first kappa shape index (κ1) is 15.1. The molecule has 0 atom stereocenters. The number of alkyl halides is 3. The molecule has 0 aliphatic heterocycles. The van der Waals surface area contributed by atoms with Gasteiger partial charge in [0.05, 0.1) is 5.39 Å². The van der Waals surface area contributed by atoms with Crippen LogP contribution in [0.15, 0.2) is 22.7 Å². The second-order valence-electron chi connectivity index (χ2n) is 4.49. The Balaban J connectivity index is 0.000000477. The van der Waals surface area contributed by atoms with Crippen LogP contribution in [0.3, 0.4) is 0 Å². The Kier molecular flexibility index (Phi) is 4.35. The predicted molar refractivity (Wildman–Crippen MR) is 67.9 cm³/mol. The topological polar surface area (TPSA) is 78.4 Å². The number of fused-ring (bicyclic) bond motifs is 1. The summed E-state index contributed by atoms with van der Waals surface area (Å²) in [6, 6.07) is 4.14. The quantitative estimate of drug-likeness (QED) is 0.945. The van der Waals surface area contributed by atoms with Gasteiger partial charge in [-0.2, -0.15) is 13.2 Å². The maximum absolute atomic E-state index is 12.1. The Morgan fingerprint density at radius 1 is 1.33 bits per heavy atom. The van der Waals surface area contributed by atoms with Crippen molar-refractivity contribution in [2.24, 2.45) is 5.73 Å². The zero-order valence-electron chi connectivity index (χ0n) is 10.9. The molecule has 2 N–H and O–H groups in total. The molecule has 1 aliphatic rings. The number of nitrogens with two attached hydrogens (primary N) is 1. The molecule has 114 valence electrons. The van der Waals surface area contributed by atoms with E-state index in [1.165, 1.54) is 37.5 Å². The SMILES string of the molecule is C1CC1.NC(=O)c1noc2cccc(OCC(F)(F)F)c12. The molecule has 8 heteroatoms. The number of carbonyl (C=O) groups excluding carboxylic acids is 1. The number of carbonyl (C=O) groups is 1. The van der Waals surface area contributed by atoms with E-state index in [4.69, 9.17) is 10.3 Å². The zero-order valence-corrected chi connectivity index (χ0v) is 10.9. The van der Waals surface area contributed by atoms with Crippen molar-refractivity contribution in [3.63, 3.8) is 0 Å². The molecule has 0 saturated heterocycles.